The summed E-state index contributed by atoms with van der Waals surface area (Å²) >= 11 is 0. The predicted octanol–water partition coefficient (Wildman–Crippen LogP) is 5.96. The molecule has 0 heterocycles. The first-order valence-electron chi connectivity index (χ1n) is 12.1. The summed E-state index contributed by atoms with van der Waals surface area (Å²) in [5, 5.41) is 11.9. The summed E-state index contributed by atoms with van der Waals surface area (Å²) in [5.74, 6) is 3.31. The fourth-order valence-electron chi connectivity index (χ4n) is 8.56. The predicted molar refractivity (Wildman–Crippen MR) is 116 cm³/mol. The van der Waals surface area contributed by atoms with Gasteiger partial charge in [0.05, 0.1) is 5.60 Å². The number of hydrogen-bond donors (Lipinski definition) is 1. The molecule has 0 bridgehead atoms. The summed E-state index contributed by atoms with van der Waals surface area (Å²) < 4.78 is 0. The Kier molecular flexibility index (Phi) is 4.74. The second-order valence-corrected chi connectivity index (χ2v) is 11.4. The second-order valence-electron chi connectivity index (χ2n) is 11.4. The van der Waals surface area contributed by atoms with Crippen LogP contribution in [0.25, 0.3) is 0 Å². The van der Waals surface area contributed by atoms with Crippen LogP contribution < -0.4 is 0 Å². The third-order valence-corrected chi connectivity index (χ3v) is 10.5. The maximum atomic E-state index is 12.1. The Morgan fingerprint density at radius 2 is 1.72 bits per heavy atom. The molecule has 1 aromatic rings. The third-order valence-electron chi connectivity index (χ3n) is 10.5. The fraction of sp³-hybridized carbons (Fsp3) is 0.741. The van der Waals surface area contributed by atoms with E-state index in [1.165, 1.54) is 37.7 Å². The van der Waals surface area contributed by atoms with Crippen LogP contribution in [0.4, 0.5) is 0 Å². The summed E-state index contributed by atoms with van der Waals surface area (Å²) in [5.41, 5.74) is 1.26. The monoisotopic (exact) mass is 394 g/mol. The van der Waals surface area contributed by atoms with Crippen LogP contribution in [0.5, 0.6) is 0 Å². The summed E-state index contributed by atoms with van der Waals surface area (Å²) in [6.07, 6.45) is 11.7. The first-order valence-corrected chi connectivity index (χ1v) is 12.1. The van der Waals surface area contributed by atoms with Gasteiger partial charge < -0.3 is 5.11 Å². The topological polar surface area (TPSA) is 37.3 Å². The van der Waals surface area contributed by atoms with E-state index in [1.807, 2.05) is 0 Å². The Labute approximate surface area is 176 Å². The molecule has 0 unspecified atom stereocenters. The molecule has 2 nitrogen and oxygen atoms in total. The molecule has 4 saturated carbocycles. The standard InChI is InChI=1S/C27H38O2/c1-25-14-11-21(28)18-20(25)8-9-22-23(25)12-15-26(2)24(22)13-17-27(26,29)16-10-19-6-4-3-5-7-19/h3-7,20,22-24,29H,8-18H2,1-2H3/t20-,22+,23-,24-,25+,26-,27+/m1/s1. The second kappa shape index (κ2) is 6.94. The number of fused-ring (bicyclic) bond motifs is 5. The number of aliphatic hydroxyl groups is 1. The normalized spacial score (nSPS) is 46.7. The van der Waals surface area contributed by atoms with E-state index in [-0.39, 0.29) is 5.41 Å². The number of carbonyl (C=O) groups is 1. The van der Waals surface area contributed by atoms with E-state index in [9.17, 15) is 9.90 Å². The van der Waals surface area contributed by atoms with E-state index in [4.69, 9.17) is 0 Å². The number of hydrogen-bond acceptors (Lipinski definition) is 2. The highest BCUT2D eigenvalue weighted by molar-refractivity contribution is 5.79. The zero-order valence-corrected chi connectivity index (χ0v) is 18.3. The first kappa shape index (κ1) is 19.8. The Balaban J connectivity index is 1.36. The van der Waals surface area contributed by atoms with Crippen molar-refractivity contribution in [3.63, 3.8) is 0 Å². The molecule has 158 valence electrons. The zero-order chi connectivity index (χ0) is 20.3. The van der Waals surface area contributed by atoms with Crippen molar-refractivity contribution in [1.29, 1.82) is 0 Å². The number of ketones is 1. The van der Waals surface area contributed by atoms with Gasteiger partial charge in [-0.2, -0.15) is 0 Å². The van der Waals surface area contributed by atoms with Gasteiger partial charge in [0, 0.05) is 12.8 Å². The number of Topliss-reactive ketones (excluding diaryl/α,β-unsaturated/α-hetero) is 1. The minimum atomic E-state index is -0.515. The van der Waals surface area contributed by atoms with Crippen LogP contribution >= 0.6 is 0 Å². The molecule has 0 aromatic heterocycles. The van der Waals surface area contributed by atoms with Crippen LogP contribution in [0.15, 0.2) is 30.3 Å². The molecule has 0 amide bonds. The van der Waals surface area contributed by atoms with E-state index >= 15 is 0 Å². The quantitative estimate of drug-likeness (QED) is 0.686. The molecule has 4 aliphatic rings. The molecular weight excluding hydrogens is 356 g/mol. The lowest BCUT2D eigenvalue weighted by Gasteiger charge is -2.61. The van der Waals surface area contributed by atoms with E-state index in [0.29, 0.717) is 23.0 Å². The highest BCUT2D eigenvalue weighted by atomic mass is 16.3. The van der Waals surface area contributed by atoms with Crippen LogP contribution in [0.2, 0.25) is 0 Å². The smallest absolute Gasteiger partial charge is 0.133 e. The zero-order valence-electron chi connectivity index (χ0n) is 18.3. The molecule has 5 rings (SSSR count). The minimum absolute atomic E-state index is 0.0661. The van der Waals surface area contributed by atoms with Crippen molar-refractivity contribution >= 4 is 5.78 Å². The van der Waals surface area contributed by atoms with Gasteiger partial charge in [-0.1, -0.05) is 44.2 Å². The molecule has 0 aliphatic heterocycles. The molecule has 0 radical (unpaired) electrons. The van der Waals surface area contributed by atoms with Crippen molar-refractivity contribution in [2.24, 2.45) is 34.5 Å². The minimum Gasteiger partial charge on any atom is -0.389 e. The highest BCUT2D eigenvalue weighted by Crippen LogP contribution is 2.68. The summed E-state index contributed by atoms with van der Waals surface area (Å²) in [4.78, 5) is 12.1. The average molecular weight is 395 g/mol. The SMILES string of the molecule is C[C@]12CCC(=O)C[C@H]1CC[C@H]1[C@H]2CC[C@]2(C)[C@@H]1CC[C@@]2(O)CCc1ccccc1. The number of benzene rings is 1. The highest BCUT2D eigenvalue weighted by Gasteiger charge is 2.64. The Bertz CT molecular complexity index is 772. The van der Waals surface area contributed by atoms with Crippen molar-refractivity contribution in [3.05, 3.63) is 35.9 Å². The summed E-state index contributed by atoms with van der Waals surface area (Å²) in [6.45, 7) is 4.94. The lowest BCUT2D eigenvalue weighted by molar-refractivity contribution is -0.158. The van der Waals surface area contributed by atoms with Crippen LogP contribution in [-0.4, -0.2) is 16.5 Å². The van der Waals surface area contributed by atoms with Gasteiger partial charge in [-0.05, 0) is 97.9 Å². The number of aryl methyl sites for hydroxylation is 1. The molecule has 4 fully saturated rings. The van der Waals surface area contributed by atoms with Crippen LogP contribution in [0.3, 0.4) is 0 Å². The van der Waals surface area contributed by atoms with Gasteiger partial charge >= 0.3 is 0 Å². The van der Waals surface area contributed by atoms with Gasteiger partial charge in [-0.25, -0.2) is 0 Å². The molecule has 4 aliphatic carbocycles. The average Bonchev–Trinajstić information content (AvgIpc) is 2.99. The van der Waals surface area contributed by atoms with Gasteiger partial charge in [-0.3, -0.25) is 4.79 Å². The molecule has 29 heavy (non-hydrogen) atoms. The maximum Gasteiger partial charge on any atom is 0.133 e. The van der Waals surface area contributed by atoms with Crippen LogP contribution in [0, 0.1) is 34.5 Å². The van der Waals surface area contributed by atoms with Crippen molar-refractivity contribution in [2.75, 3.05) is 0 Å². The Morgan fingerprint density at radius 3 is 2.52 bits per heavy atom. The van der Waals surface area contributed by atoms with Crippen LogP contribution in [-0.2, 0) is 11.2 Å². The van der Waals surface area contributed by atoms with Gasteiger partial charge in [0.2, 0.25) is 0 Å². The third kappa shape index (κ3) is 2.96. The Hall–Kier alpha value is -1.15. The first-order chi connectivity index (χ1) is 13.9. The van der Waals surface area contributed by atoms with E-state index in [2.05, 4.69) is 44.2 Å². The molecule has 2 heteroatoms. The van der Waals surface area contributed by atoms with E-state index in [0.717, 1.165) is 50.4 Å². The fourth-order valence-corrected chi connectivity index (χ4v) is 8.56. The van der Waals surface area contributed by atoms with E-state index < -0.39 is 5.60 Å². The number of carbonyl (C=O) groups excluding carboxylic acids is 1. The largest absolute Gasteiger partial charge is 0.389 e. The van der Waals surface area contributed by atoms with Crippen molar-refractivity contribution in [3.8, 4) is 0 Å². The summed E-state index contributed by atoms with van der Waals surface area (Å²) in [6, 6.07) is 10.7. The maximum absolute atomic E-state index is 12.1. The summed E-state index contributed by atoms with van der Waals surface area (Å²) in [7, 11) is 0. The van der Waals surface area contributed by atoms with Crippen molar-refractivity contribution in [2.45, 2.75) is 90.1 Å². The van der Waals surface area contributed by atoms with Crippen molar-refractivity contribution in [1.82, 2.24) is 0 Å². The lowest BCUT2D eigenvalue weighted by Crippen LogP contribution is -2.56. The molecule has 7 atom stereocenters. The molecule has 0 saturated heterocycles. The van der Waals surface area contributed by atoms with Gasteiger partial charge in [-0.15, -0.1) is 0 Å². The van der Waals surface area contributed by atoms with Crippen molar-refractivity contribution < 1.29 is 9.90 Å². The van der Waals surface area contributed by atoms with Gasteiger partial charge in [0.15, 0.2) is 0 Å². The molecule has 1 aromatic carbocycles. The lowest BCUT2D eigenvalue weighted by atomic mass is 9.44. The van der Waals surface area contributed by atoms with Gasteiger partial charge in [0.25, 0.3) is 0 Å². The molecular formula is C27H38O2. The van der Waals surface area contributed by atoms with Gasteiger partial charge in [0.1, 0.15) is 5.78 Å². The molecule has 1 N–H and O–H groups in total. The Morgan fingerprint density at radius 1 is 0.966 bits per heavy atom. The molecule has 0 spiro atoms. The van der Waals surface area contributed by atoms with E-state index in [1.54, 1.807) is 0 Å². The number of rotatable bonds is 3. The van der Waals surface area contributed by atoms with Crippen LogP contribution in [0.1, 0.15) is 83.6 Å².